The zero-order valence-electron chi connectivity index (χ0n) is 18.0. The largest absolute Gasteiger partial charge is 0.336 e. The Morgan fingerprint density at radius 2 is 1.86 bits per heavy atom. The highest BCUT2D eigenvalue weighted by molar-refractivity contribution is 5.95. The first-order chi connectivity index (χ1) is 13.9. The first-order valence-electron chi connectivity index (χ1n) is 10.8. The van der Waals surface area contributed by atoms with Gasteiger partial charge in [-0.05, 0) is 44.0 Å². The van der Waals surface area contributed by atoms with Gasteiger partial charge in [-0.2, -0.15) is 0 Å². The summed E-state index contributed by atoms with van der Waals surface area (Å²) in [7, 11) is 2.15. The second-order valence-corrected chi connectivity index (χ2v) is 8.54. The Kier molecular flexibility index (Phi) is 7.50. The molecule has 1 atom stereocenters. The topological polar surface area (TPSA) is 67.9 Å². The van der Waals surface area contributed by atoms with E-state index in [9.17, 15) is 9.59 Å². The van der Waals surface area contributed by atoms with Crippen LogP contribution in [0, 0.1) is 5.92 Å². The number of nitrogens with zero attached hydrogens (tertiary/aromatic N) is 3. The maximum Gasteiger partial charge on any atom is 0.319 e. The molecule has 1 aromatic rings. The molecule has 2 N–H and O–H groups in total. The molecular formula is C22H35N5O2. The molecule has 160 valence electrons. The minimum absolute atomic E-state index is 0.157. The number of carbonyl (C=O) groups excluding carboxylic acids is 2. The van der Waals surface area contributed by atoms with Crippen LogP contribution in [0.5, 0.6) is 0 Å². The molecule has 2 aliphatic rings. The predicted molar refractivity (Wildman–Crippen MR) is 117 cm³/mol. The van der Waals surface area contributed by atoms with Gasteiger partial charge >= 0.3 is 6.03 Å². The van der Waals surface area contributed by atoms with E-state index in [1.54, 1.807) is 0 Å². The number of hydrogen-bond acceptors (Lipinski definition) is 4. The number of rotatable bonds is 6. The van der Waals surface area contributed by atoms with E-state index in [1.807, 2.05) is 29.2 Å². The highest BCUT2D eigenvalue weighted by Crippen LogP contribution is 2.24. The molecule has 3 amide bonds. The van der Waals surface area contributed by atoms with Gasteiger partial charge in [0.05, 0.1) is 0 Å². The Bertz CT molecular complexity index is 700. The Morgan fingerprint density at radius 3 is 2.55 bits per heavy atom. The van der Waals surface area contributed by atoms with Gasteiger partial charge in [0, 0.05) is 63.1 Å². The summed E-state index contributed by atoms with van der Waals surface area (Å²) in [5.74, 6) is 0.622. The lowest BCUT2D eigenvalue weighted by molar-refractivity contribution is -0.119. The fraction of sp³-hybridized carbons (Fsp3) is 0.636. The molecule has 0 saturated carbocycles. The van der Waals surface area contributed by atoms with E-state index in [1.165, 1.54) is 0 Å². The van der Waals surface area contributed by atoms with Gasteiger partial charge in [0.2, 0.25) is 5.91 Å². The molecule has 1 unspecified atom stereocenters. The summed E-state index contributed by atoms with van der Waals surface area (Å²) in [6.07, 6.45) is 2.58. The Labute approximate surface area is 174 Å². The summed E-state index contributed by atoms with van der Waals surface area (Å²) in [6, 6.07) is 7.67. The average molecular weight is 402 g/mol. The smallest absolute Gasteiger partial charge is 0.319 e. The lowest BCUT2D eigenvalue weighted by Crippen LogP contribution is -2.54. The van der Waals surface area contributed by atoms with Crippen LogP contribution in [0.25, 0.3) is 0 Å². The SMILES string of the molecule is CC(C)C(CNC(=O)Nc1cccc(N2CCCCC2=O)c1)N1CCN(C)CC1. The van der Waals surface area contributed by atoms with Crippen LogP contribution in [-0.2, 0) is 4.79 Å². The van der Waals surface area contributed by atoms with Crippen LogP contribution in [0.15, 0.2) is 24.3 Å². The maximum absolute atomic E-state index is 12.5. The summed E-state index contributed by atoms with van der Waals surface area (Å²) in [5, 5.41) is 5.97. The summed E-state index contributed by atoms with van der Waals surface area (Å²) >= 11 is 0. The van der Waals surface area contributed by atoms with Gasteiger partial charge in [-0.1, -0.05) is 19.9 Å². The van der Waals surface area contributed by atoms with Crippen LogP contribution in [0.3, 0.4) is 0 Å². The Morgan fingerprint density at radius 1 is 1.10 bits per heavy atom. The second kappa shape index (κ2) is 10.1. The van der Waals surface area contributed by atoms with Gasteiger partial charge < -0.3 is 20.4 Å². The van der Waals surface area contributed by atoms with E-state index < -0.39 is 0 Å². The molecule has 7 nitrogen and oxygen atoms in total. The molecule has 3 rings (SSSR count). The standard InChI is InChI=1S/C22H35N5O2/c1-17(2)20(26-13-11-25(3)12-14-26)16-23-22(29)24-18-7-6-8-19(15-18)27-10-5-4-9-21(27)28/h6-8,15,17,20H,4-5,9-14,16H2,1-3H3,(H2,23,24,29). The lowest BCUT2D eigenvalue weighted by Gasteiger charge is -2.39. The van der Waals surface area contributed by atoms with Crippen molar-refractivity contribution in [3.8, 4) is 0 Å². The average Bonchev–Trinajstić information content (AvgIpc) is 2.70. The third-order valence-corrected chi connectivity index (χ3v) is 5.99. The minimum Gasteiger partial charge on any atom is -0.336 e. The van der Waals surface area contributed by atoms with Crippen molar-refractivity contribution < 1.29 is 9.59 Å². The molecule has 1 aromatic carbocycles. The molecule has 2 saturated heterocycles. The van der Waals surface area contributed by atoms with Crippen molar-refractivity contribution in [2.24, 2.45) is 5.92 Å². The van der Waals surface area contributed by atoms with Gasteiger partial charge in [-0.25, -0.2) is 4.79 Å². The van der Waals surface area contributed by atoms with E-state index in [2.05, 4.69) is 41.3 Å². The maximum atomic E-state index is 12.5. The van der Waals surface area contributed by atoms with Gasteiger partial charge in [-0.15, -0.1) is 0 Å². The number of piperazine rings is 1. The monoisotopic (exact) mass is 401 g/mol. The van der Waals surface area contributed by atoms with Crippen LogP contribution in [0.4, 0.5) is 16.2 Å². The molecule has 0 aliphatic carbocycles. The van der Waals surface area contributed by atoms with Crippen LogP contribution >= 0.6 is 0 Å². The third kappa shape index (κ3) is 5.93. The van der Waals surface area contributed by atoms with Crippen molar-refractivity contribution in [3.05, 3.63) is 24.3 Å². The number of nitrogens with one attached hydrogen (secondary N) is 2. The fourth-order valence-corrected chi connectivity index (χ4v) is 4.14. The van der Waals surface area contributed by atoms with Gasteiger partial charge in [0.1, 0.15) is 0 Å². The van der Waals surface area contributed by atoms with Crippen LogP contribution < -0.4 is 15.5 Å². The van der Waals surface area contributed by atoms with Crippen molar-refractivity contribution in [1.82, 2.24) is 15.1 Å². The number of hydrogen-bond donors (Lipinski definition) is 2. The van der Waals surface area contributed by atoms with Crippen LogP contribution in [-0.4, -0.2) is 74.1 Å². The Hall–Kier alpha value is -2.12. The first kappa shape index (κ1) is 21.6. The molecule has 2 aliphatic heterocycles. The van der Waals surface area contributed by atoms with Gasteiger partial charge in [0.15, 0.2) is 0 Å². The molecule has 0 bridgehead atoms. The number of piperidine rings is 1. The Balaban J connectivity index is 1.54. The molecule has 0 radical (unpaired) electrons. The number of anilines is 2. The van der Waals surface area contributed by atoms with Crippen molar-refractivity contribution in [1.29, 1.82) is 0 Å². The van der Waals surface area contributed by atoms with Crippen LogP contribution in [0.2, 0.25) is 0 Å². The highest BCUT2D eigenvalue weighted by Gasteiger charge is 2.25. The quantitative estimate of drug-likeness (QED) is 0.769. The van der Waals surface area contributed by atoms with Crippen molar-refractivity contribution in [3.63, 3.8) is 0 Å². The first-order valence-corrected chi connectivity index (χ1v) is 10.8. The minimum atomic E-state index is -0.202. The van der Waals surface area contributed by atoms with E-state index >= 15 is 0 Å². The zero-order chi connectivity index (χ0) is 20.8. The van der Waals surface area contributed by atoms with Crippen molar-refractivity contribution >= 4 is 23.3 Å². The van der Waals surface area contributed by atoms with E-state index in [0.717, 1.165) is 51.3 Å². The predicted octanol–water partition coefficient (Wildman–Crippen LogP) is 2.60. The molecule has 2 heterocycles. The zero-order valence-corrected chi connectivity index (χ0v) is 18.0. The van der Waals surface area contributed by atoms with Gasteiger partial charge in [-0.3, -0.25) is 9.69 Å². The van der Waals surface area contributed by atoms with E-state index in [4.69, 9.17) is 0 Å². The lowest BCUT2D eigenvalue weighted by atomic mass is 10.0. The second-order valence-electron chi connectivity index (χ2n) is 8.54. The number of benzene rings is 1. The highest BCUT2D eigenvalue weighted by atomic mass is 16.2. The number of amides is 3. The number of carbonyl (C=O) groups is 2. The summed E-state index contributed by atoms with van der Waals surface area (Å²) in [6.45, 7) is 9.99. The van der Waals surface area contributed by atoms with Crippen LogP contribution in [0.1, 0.15) is 33.1 Å². The number of likely N-dealkylation sites (N-methyl/N-ethyl adjacent to an activating group) is 1. The van der Waals surface area contributed by atoms with E-state index in [0.29, 0.717) is 30.6 Å². The number of urea groups is 1. The molecule has 2 fully saturated rings. The molecule has 29 heavy (non-hydrogen) atoms. The van der Waals surface area contributed by atoms with Crippen molar-refractivity contribution in [2.75, 3.05) is 56.5 Å². The summed E-state index contributed by atoms with van der Waals surface area (Å²) < 4.78 is 0. The van der Waals surface area contributed by atoms with E-state index in [-0.39, 0.29) is 11.9 Å². The third-order valence-electron chi connectivity index (χ3n) is 5.99. The van der Waals surface area contributed by atoms with Gasteiger partial charge in [0.25, 0.3) is 0 Å². The molecular weight excluding hydrogens is 366 g/mol. The fourth-order valence-electron chi connectivity index (χ4n) is 4.14. The van der Waals surface area contributed by atoms with Crippen molar-refractivity contribution in [2.45, 2.75) is 39.2 Å². The normalized spacial score (nSPS) is 20.0. The summed E-state index contributed by atoms with van der Waals surface area (Å²) in [5.41, 5.74) is 1.56. The molecule has 0 aromatic heterocycles. The summed E-state index contributed by atoms with van der Waals surface area (Å²) in [4.78, 5) is 31.3. The molecule has 7 heteroatoms. The molecule has 0 spiro atoms.